The van der Waals surface area contributed by atoms with Crippen molar-refractivity contribution in [3.8, 4) is 0 Å². The number of fused-ring (bicyclic) bond motifs is 3. The van der Waals surface area contributed by atoms with Crippen LogP contribution in [0.1, 0.15) is 10.4 Å². The van der Waals surface area contributed by atoms with Crippen LogP contribution in [-0.2, 0) is 4.74 Å². The number of hydrogen-bond acceptors (Lipinski definition) is 3. The van der Waals surface area contributed by atoms with Crippen molar-refractivity contribution in [2.45, 2.75) is 0 Å². The average molecular weight is 278 g/mol. The number of pyridine rings is 1. The molecule has 2 N–H and O–H groups in total. The number of carboxylic acid groups (broad SMARTS) is 1. The Bertz CT molecular complexity index is 1100. The maximum Gasteiger partial charge on any atom is 0.337 e. The second-order valence-electron chi connectivity index (χ2n) is 4.84. The molecule has 1 aliphatic rings. The summed E-state index contributed by atoms with van der Waals surface area (Å²) in [7, 11) is 0. The SMILES string of the molecule is O=C(O)c1cnc2c(c1)=COC=c1cc3[nH]ccc3cc1=2. The molecule has 0 bridgehead atoms. The first-order valence-corrected chi connectivity index (χ1v) is 6.39. The molecular formula is C16H10N2O3. The van der Waals surface area contributed by atoms with E-state index < -0.39 is 5.97 Å². The van der Waals surface area contributed by atoms with Crippen LogP contribution in [0.25, 0.3) is 23.4 Å². The van der Waals surface area contributed by atoms with E-state index in [1.54, 1.807) is 12.3 Å². The number of hydrogen-bond donors (Lipinski definition) is 2. The molecule has 4 rings (SSSR count). The fraction of sp³-hybridized carbons (Fsp3) is 0. The number of aromatic carboxylic acids is 1. The van der Waals surface area contributed by atoms with Crippen LogP contribution in [-0.4, -0.2) is 21.0 Å². The lowest BCUT2D eigenvalue weighted by atomic mass is 10.1. The minimum Gasteiger partial charge on any atom is -0.478 e. The Morgan fingerprint density at radius 1 is 1.19 bits per heavy atom. The summed E-state index contributed by atoms with van der Waals surface area (Å²) >= 11 is 0. The Hall–Kier alpha value is -3.08. The van der Waals surface area contributed by atoms with Crippen LogP contribution in [0.3, 0.4) is 0 Å². The van der Waals surface area contributed by atoms with Crippen LogP contribution >= 0.6 is 0 Å². The Kier molecular flexibility index (Phi) is 2.35. The van der Waals surface area contributed by atoms with E-state index >= 15 is 0 Å². The van der Waals surface area contributed by atoms with Gasteiger partial charge in [-0.05, 0) is 24.3 Å². The number of nitrogens with zero attached hydrogens (tertiary/aromatic N) is 1. The summed E-state index contributed by atoms with van der Waals surface area (Å²) in [5.41, 5.74) is 1.15. The summed E-state index contributed by atoms with van der Waals surface area (Å²) in [5.74, 6) is -1.01. The summed E-state index contributed by atoms with van der Waals surface area (Å²) < 4.78 is 5.41. The second-order valence-corrected chi connectivity index (χ2v) is 4.84. The highest BCUT2D eigenvalue weighted by Gasteiger charge is 2.05. The van der Waals surface area contributed by atoms with Gasteiger partial charge in [0.25, 0.3) is 0 Å². The third kappa shape index (κ3) is 1.79. The molecule has 0 atom stereocenters. The Labute approximate surface area is 118 Å². The van der Waals surface area contributed by atoms with Gasteiger partial charge in [-0.15, -0.1) is 0 Å². The van der Waals surface area contributed by atoms with Crippen LogP contribution < -0.4 is 10.4 Å². The monoisotopic (exact) mass is 278 g/mol. The standard InChI is InChI=1S/C16H10N2O3/c19-16(20)10-3-12-8-21-7-11-5-14-9(1-2-17-14)4-13(11)15(12)18-6-10/h1-8,17H,(H,19,20). The van der Waals surface area contributed by atoms with Crippen molar-refractivity contribution >= 4 is 29.4 Å². The van der Waals surface area contributed by atoms with Gasteiger partial charge in [0.2, 0.25) is 0 Å². The van der Waals surface area contributed by atoms with Gasteiger partial charge in [-0.25, -0.2) is 4.79 Å². The number of ether oxygens (including phenoxy) is 1. The summed E-state index contributed by atoms with van der Waals surface area (Å²) in [4.78, 5) is 18.5. The van der Waals surface area contributed by atoms with Gasteiger partial charge in [0.05, 0.1) is 23.4 Å². The molecule has 21 heavy (non-hydrogen) atoms. The van der Waals surface area contributed by atoms with E-state index in [1.807, 2.05) is 24.4 Å². The molecule has 5 heteroatoms. The van der Waals surface area contributed by atoms with E-state index in [-0.39, 0.29) is 5.56 Å². The average Bonchev–Trinajstić information content (AvgIpc) is 2.85. The Balaban J connectivity index is 2.24. The summed E-state index contributed by atoms with van der Waals surface area (Å²) in [6, 6.07) is 7.55. The fourth-order valence-electron chi connectivity index (χ4n) is 2.51. The number of nitrogens with one attached hydrogen (secondary N) is 1. The highest BCUT2D eigenvalue weighted by molar-refractivity contribution is 5.87. The van der Waals surface area contributed by atoms with Crippen molar-refractivity contribution in [2.75, 3.05) is 0 Å². The molecule has 0 spiro atoms. The van der Waals surface area contributed by atoms with Gasteiger partial charge in [0, 0.05) is 39.0 Å². The third-order valence-corrected chi connectivity index (χ3v) is 3.53. The summed E-state index contributed by atoms with van der Waals surface area (Å²) in [6.45, 7) is 0. The van der Waals surface area contributed by atoms with Gasteiger partial charge in [-0.2, -0.15) is 0 Å². The predicted molar refractivity (Wildman–Crippen MR) is 76.4 cm³/mol. The van der Waals surface area contributed by atoms with Gasteiger partial charge in [0.15, 0.2) is 0 Å². The van der Waals surface area contributed by atoms with E-state index in [0.29, 0.717) is 10.6 Å². The molecule has 5 nitrogen and oxygen atoms in total. The smallest absolute Gasteiger partial charge is 0.337 e. The molecule has 3 aromatic rings. The van der Waals surface area contributed by atoms with Gasteiger partial charge in [-0.1, -0.05) is 0 Å². The minimum absolute atomic E-state index is 0.139. The van der Waals surface area contributed by atoms with E-state index in [0.717, 1.165) is 21.3 Å². The van der Waals surface area contributed by atoms with E-state index in [1.165, 1.54) is 12.5 Å². The van der Waals surface area contributed by atoms with Gasteiger partial charge in [0.1, 0.15) is 0 Å². The first-order valence-electron chi connectivity index (χ1n) is 6.39. The number of carbonyl (C=O) groups is 1. The molecule has 1 aromatic carbocycles. The second kappa shape index (κ2) is 4.21. The highest BCUT2D eigenvalue weighted by Crippen LogP contribution is 2.09. The topological polar surface area (TPSA) is 75.2 Å². The molecular weight excluding hydrogens is 268 g/mol. The predicted octanol–water partition coefficient (Wildman–Crippen LogP) is 1.05. The molecule has 0 saturated carbocycles. The zero-order valence-electron chi connectivity index (χ0n) is 10.8. The van der Waals surface area contributed by atoms with Crippen LogP contribution in [0.15, 0.2) is 36.7 Å². The first-order chi connectivity index (χ1) is 10.2. The largest absolute Gasteiger partial charge is 0.478 e. The number of carboxylic acids is 1. The molecule has 0 radical (unpaired) electrons. The lowest BCUT2D eigenvalue weighted by molar-refractivity contribution is 0.0696. The highest BCUT2D eigenvalue weighted by atomic mass is 16.5. The van der Waals surface area contributed by atoms with E-state index in [9.17, 15) is 4.79 Å². The molecule has 0 unspecified atom stereocenters. The number of aromatic amines is 1. The number of aromatic nitrogens is 2. The zero-order valence-corrected chi connectivity index (χ0v) is 10.8. The van der Waals surface area contributed by atoms with Gasteiger partial charge < -0.3 is 14.8 Å². The lowest BCUT2D eigenvalue weighted by Crippen LogP contribution is -2.12. The fourth-order valence-corrected chi connectivity index (χ4v) is 2.51. The lowest BCUT2D eigenvalue weighted by Gasteiger charge is -1.95. The quantitative estimate of drug-likeness (QED) is 0.698. The number of benzene rings is 1. The molecule has 102 valence electrons. The first kappa shape index (κ1) is 11.7. The van der Waals surface area contributed by atoms with Crippen molar-refractivity contribution in [1.82, 2.24) is 9.97 Å². The van der Waals surface area contributed by atoms with Crippen LogP contribution in [0.4, 0.5) is 0 Å². The minimum atomic E-state index is -1.01. The third-order valence-electron chi connectivity index (χ3n) is 3.53. The number of rotatable bonds is 1. The van der Waals surface area contributed by atoms with Crippen molar-refractivity contribution in [3.05, 3.63) is 63.2 Å². The molecule has 1 aliphatic heterocycles. The number of H-pyrrole nitrogens is 1. The molecule has 0 fully saturated rings. The molecule has 0 amide bonds. The van der Waals surface area contributed by atoms with Gasteiger partial charge >= 0.3 is 5.97 Å². The van der Waals surface area contributed by atoms with Crippen LogP contribution in [0.2, 0.25) is 0 Å². The molecule has 0 saturated heterocycles. The zero-order chi connectivity index (χ0) is 14.4. The summed E-state index contributed by atoms with van der Waals surface area (Å²) in [6.07, 6.45) is 6.39. The normalized spacial score (nSPS) is 12.4. The van der Waals surface area contributed by atoms with Crippen molar-refractivity contribution < 1.29 is 14.6 Å². The van der Waals surface area contributed by atoms with Crippen LogP contribution in [0.5, 0.6) is 0 Å². The maximum atomic E-state index is 11.1. The Morgan fingerprint density at radius 2 is 2.05 bits per heavy atom. The molecule has 0 aliphatic carbocycles. The van der Waals surface area contributed by atoms with Crippen molar-refractivity contribution in [1.29, 1.82) is 0 Å². The van der Waals surface area contributed by atoms with Gasteiger partial charge in [-0.3, -0.25) is 4.98 Å². The maximum absolute atomic E-state index is 11.1. The van der Waals surface area contributed by atoms with E-state index in [4.69, 9.17) is 9.84 Å². The van der Waals surface area contributed by atoms with Crippen molar-refractivity contribution in [3.63, 3.8) is 0 Å². The Morgan fingerprint density at radius 3 is 2.90 bits per heavy atom. The van der Waals surface area contributed by atoms with E-state index in [2.05, 4.69) is 9.97 Å². The molecule has 3 heterocycles. The molecule has 2 aromatic heterocycles. The van der Waals surface area contributed by atoms with Crippen LogP contribution in [0, 0.1) is 10.6 Å². The van der Waals surface area contributed by atoms with Crippen molar-refractivity contribution in [2.24, 2.45) is 0 Å². The summed E-state index contributed by atoms with van der Waals surface area (Å²) in [5, 5.41) is 13.3.